The minimum Gasteiger partial charge on any atom is -0.337 e. The van der Waals surface area contributed by atoms with Gasteiger partial charge in [-0.15, -0.1) is 11.3 Å². The van der Waals surface area contributed by atoms with Crippen molar-refractivity contribution in [2.45, 2.75) is 24.7 Å². The Balaban J connectivity index is 1.56. The lowest BCUT2D eigenvalue weighted by Crippen LogP contribution is -2.29. The number of benzene rings is 1. The standard InChI is InChI=1S/C19H22N2OS/c20-10-15-11-21(12-17(15)13-4-2-1-3-5-13)19(22)18-16(8-9-23-18)14-6-7-14/h1-5,8-9,14-15,17H,6-7,10-12,20H2/t15-,17+/m1/s1. The van der Waals surface area contributed by atoms with Crippen LogP contribution in [0.25, 0.3) is 0 Å². The molecule has 2 atom stereocenters. The van der Waals surface area contributed by atoms with Gasteiger partial charge >= 0.3 is 0 Å². The van der Waals surface area contributed by atoms with E-state index in [9.17, 15) is 4.79 Å². The summed E-state index contributed by atoms with van der Waals surface area (Å²) in [5.41, 5.74) is 8.56. The van der Waals surface area contributed by atoms with Gasteiger partial charge in [0.2, 0.25) is 0 Å². The highest BCUT2D eigenvalue weighted by Crippen LogP contribution is 2.44. The predicted octanol–water partition coefficient (Wildman–Crippen LogP) is 3.44. The summed E-state index contributed by atoms with van der Waals surface area (Å²) in [7, 11) is 0. The van der Waals surface area contributed by atoms with E-state index >= 15 is 0 Å². The second-order valence-corrected chi connectivity index (χ2v) is 7.62. The van der Waals surface area contributed by atoms with Crippen LogP contribution in [-0.4, -0.2) is 30.4 Å². The van der Waals surface area contributed by atoms with Crippen molar-refractivity contribution in [3.05, 3.63) is 57.8 Å². The molecular weight excluding hydrogens is 304 g/mol. The average Bonchev–Trinajstić information content (AvgIpc) is 3.16. The van der Waals surface area contributed by atoms with Gasteiger partial charge in [-0.2, -0.15) is 0 Å². The van der Waals surface area contributed by atoms with Gasteiger partial charge < -0.3 is 10.6 Å². The molecule has 1 aliphatic heterocycles. The van der Waals surface area contributed by atoms with Crippen molar-refractivity contribution in [1.29, 1.82) is 0 Å². The molecule has 4 rings (SSSR count). The highest BCUT2D eigenvalue weighted by Gasteiger charge is 2.37. The van der Waals surface area contributed by atoms with E-state index in [0.29, 0.717) is 24.3 Å². The molecule has 1 saturated heterocycles. The number of rotatable bonds is 4. The third-order valence-electron chi connectivity index (χ3n) is 5.17. The first-order valence-electron chi connectivity index (χ1n) is 8.39. The minimum atomic E-state index is 0.207. The van der Waals surface area contributed by atoms with Gasteiger partial charge in [0, 0.05) is 19.0 Å². The Morgan fingerprint density at radius 2 is 1.96 bits per heavy atom. The molecule has 2 N–H and O–H groups in total. The SMILES string of the molecule is NC[C@@H]1CN(C(=O)c2sccc2C2CC2)C[C@H]1c1ccccc1. The molecule has 3 nitrogen and oxygen atoms in total. The first-order valence-corrected chi connectivity index (χ1v) is 9.27. The number of likely N-dealkylation sites (tertiary alicyclic amines) is 1. The second kappa shape index (κ2) is 6.10. The number of carbonyl (C=O) groups is 1. The highest BCUT2D eigenvalue weighted by molar-refractivity contribution is 7.12. The number of hydrogen-bond donors (Lipinski definition) is 1. The van der Waals surface area contributed by atoms with E-state index in [2.05, 4.69) is 35.7 Å². The Morgan fingerprint density at radius 1 is 1.17 bits per heavy atom. The summed E-state index contributed by atoms with van der Waals surface area (Å²) in [5, 5.41) is 2.06. The molecule has 1 amide bonds. The molecule has 23 heavy (non-hydrogen) atoms. The van der Waals surface area contributed by atoms with Crippen molar-refractivity contribution in [2.75, 3.05) is 19.6 Å². The van der Waals surface area contributed by atoms with E-state index in [4.69, 9.17) is 5.73 Å². The van der Waals surface area contributed by atoms with Crippen LogP contribution in [0.15, 0.2) is 41.8 Å². The van der Waals surface area contributed by atoms with Crippen LogP contribution in [0.3, 0.4) is 0 Å². The molecule has 1 saturated carbocycles. The number of thiophene rings is 1. The first-order chi connectivity index (χ1) is 11.3. The first kappa shape index (κ1) is 14.9. The highest BCUT2D eigenvalue weighted by atomic mass is 32.1. The van der Waals surface area contributed by atoms with Crippen LogP contribution in [0.5, 0.6) is 0 Å². The predicted molar refractivity (Wildman–Crippen MR) is 93.9 cm³/mol. The molecular formula is C19H22N2OS. The maximum Gasteiger partial charge on any atom is 0.264 e. The monoisotopic (exact) mass is 326 g/mol. The van der Waals surface area contributed by atoms with Crippen LogP contribution in [0.1, 0.15) is 45.5 Å². The molecule has 1 aromatic carbocycles. The fourth-order valence-electron chi connectivity index (χ4n) is 3.71. The summed E-state index contributed by atoms with van der Waals surface area (Å²) in [5.74, 6) is 1.54. The van der Waals surface area contributed by atoms with Crippen LogP contribution in [0.4, 0.5) is 0 Å². The zero-order chi connectivity index (χ0) is 15.8. The zero-order valence-electron chi connectivity index (χ0n) is 13.2. The maximum atomic E-state index is 13.0. The van der Waals surface area contributed by atoms with Crippen molar-refractivity contribution >= 4 is 17.2 Å². The number of nitrogens with zero attached hydrogens (tertiary/aromatic N) is 1. The summed E-state index contributed by atoms with van der Waals surface area (Å²) in [6.07, 6.45) is 2.46. The molecule has 0 spiro atoms. The fraction of sp³-hybridized carbons (Fsp3) is 0.421. The minimum absolute atomic E-state index is 0.207. The summed E-state index contributed by atoms with van der Waals surface area (Å²) in [6.45, 7) is 2.19. The van der Waals surface area contributed by atoms with Crippen LogP contribution in [0, 0.1) is 5.92 Å². The Bertz CT molecular complexity index is 692. The third-order valence-corrected chi connectivity index (χ3v) is 6.08. The number of hydrogen-bond acceptors (Lipinski definition) is 3. The number of carbonyl (C=O) groups excluding carboxylic acids is 1. The van der Waals surface area contributed by atoms with Crippen molar-refractivity contribution < 1.29 is 4.79 Å². The van der Waals surface area contributed by atoms with Gasteiger partial charge in [0.25, 0.3) is 5.91 Å². The molecule has 2 aliphatic rings. The normalized spacial score (nSPS) is 24.1. The van der Waals surface area contributed by atoms with E-state index in [1.54, 1.807) is 11.3 Å². The Labute approximate surface area is 141 Å². The van der Waals surface area contributed by atoms with Crippen molar-refractivity contribution in [3.63, 3.8) is 0 Å². The Hall–Kier alpha value is -1.65. The summed E-state index contributed by atoms with van der Waals surface area (Å²) < 4.78 is 0. The molecule has 2 fully saturated rings. The third kappa shape index (κ3) is 2.81. The van der Waals surface area contributed by atoms with E-state index < -0.39 is 0 Å². The van der Waals surface area contributed by atoms with E-state index in [1.807, 2.05) is 11.0 Å². The molecule has 1 aromatic heterocycles. The molecule has 0 unspecified atom stereocenters. The summed E-state index contributed by atoms with van der Waals surface area (Å²) in [6, 6.07) is 12.6. The molecule has 0 radical (unpaired) electrons. The molecule has 1 aliphatic carbocycles. The van der Waals surface area contributed by atoms with Crippen molar-refractivity contribution in [2.24, 2.45) is 11.7 Å². The quantitative estimate of drug-likeness (QED) is 0.935. The Kier molecular flexibility index (Phi) is 3.95. The van der Waals surface area contributed by atoms with E-state index in [0.717, 1.165) is 18.0 Å². The van der Waals surface area contributed by atoms with Gasteiger partial charge in [0.05, 0.1) is 4.88 Å². The van der Waals surface area contributed by atoms with Crippen molar-refractivity contribution in [1.82, 2.24) is 4.90 Å². The second-order valence-electron chi connectivity index (χ2n) is 6.70. The lowest BCUT2D eigenvalue weighted by molar-refractivity contribution is 0.0790. The fourth-order valence-corrected chi connectivity index (χ4v) is 4.66. The van der Waals surface area contributed by atoms with Crippen LogP contribution >= 0.6 is 11.3 Å². The van der Waals surface area contributed by atoms with Crippen LogP contribution in [0.2, 0.25) is 0 Å². The van der Waals surface area contributed by atoms with Gasteiger partial charge in [0.1, 0.15) is 0 Å². The zero-order valence-corrected chi connectivity index (χ0v) is 14.0. The topological polar surface area (TPSA) is 46.3 Å². The van der Waals surface area contributed by atoms with Gasteiger partial charge in [-0.25, -0.2) is 0 Å². The molecule has 4 heteroatoms. The van der Waals surface area contributed by atoms with Gasteiger partial charge in [-0.05, 0) is 53.8 Å². The molecule has 2 aromatic rings. The molecule has 0 bridgehead atoms. The number of amides is 1. The molecule has 2 heterocycles. The van der Waals surface area contributed by atoms with Gasteiger partial charge in [0.15, 0.2) is 0 Å². The summed E-state index contributed by atoms with van der Waals surface area (Å²) >= 11 is 1.60. The van der Waals surface area contributed by atoms with E-state index in [1.165, 1.54) is 24.0 Å². The largest absolute Gasteiger partial charge is 0.337 e. The molecule has 120 valence electrons. The van der Waals surface area contributed by atoms with Crippen LogP contribution in [-0.2, 0) is 0 Å². The van der Waals surface area contributed by atoms with Crippen molar-refractivity contribution in [3.8, 4) is 0 Å². The lowest BCUT2D eigenvalue weighted by Gasteiger charge is -2.17. The van der Waals surface area contributed by atoms with Crippen LogP contribution < -0.4 is 5.73 Å². The lowest BCUT2D eigenvalue weighted by atomic mass is 9.89. The number of nitrogens with two attached hydrogens (primary N) is 1. The average molecular weight is 326 g/mol. The van der Waals surface area contributed by atoms with E-state index in [-0.39, 0.29) is 5.91 Å². The summed E-state index contributed by atoms with van der Waals surface area (Å²) in [4.78, 5) is 16.0. The van der Waals surface area contributed by atoms with Gasteiger partial charge in [-0.3, -0.25) is 4.79 Å². The maximum absolute atomic E-state index is 13.0. The Morgan fingerprint density at radius 3 is 2.65 bits per heavy atom. The smallest absolute Gasteiger partial charge is 0.264 e. The van der Waals surface area contributed by atoms with Gasteiger partial charge in [-0.1, -0.05) is 30.3 Å².